The molecule has 5 nitrogen and oxygen atoms in total. The van der Waals surface area contributed by atoms with E-state index in [4.69, 9.17) is 17.3 Å². The van der Waals surface area contributed by atoms with E-state index in [1.807, 2.05) is 0 Å². The fraction of sp³-hybridized carbons (Fsp3) is 0.615. The number of sulfonamides is 1. The Kier molecular flexibility index (Phi) is 4.88. The number of nitrogens with zero attached hydrogens (tertiary/aromatic N) is 1. The molecule has 0 aromatic carbocycles. The molecule has 0 saturated heterocycles. The zero-order valence-corrected chi connectivity index (χ0v) is 13.0. The van der Waals surface area contributed by atoms with Crippen molar-refractivity contribution >= 4 is 27.4 Å². The molecule has 1 heterocycles. The molecule has 0 aliphatic heterocycles. The van der Waals surface area contributed by atoms with Crippen molar-refractivity contribution in [3.05, 3.63) is 17.3 Å². The molecule has 0 radical (unpaired) electrons. The number of hydrogen-bond donors (Lipinski definition) is 2. The number of hydrogen-bond acceptors (Lipinski definition) is 4. The van der Waals surface area contributed by atoms with E-state index in [9.17, 15) is 8.42 Å². The zero-order chi connectivity index (χ0) is 14.8. The number of aromatic nitrogens is 1. The largest absolute Gasteiger partial charge is 0.382 e. The average Bonchev–Trinajstić information content (AvgIpc) is 2.40. The molecule has 2 atom stereocenters. The highest BCUT2D eigenvalue weighted by atomic mass is 35.5. The second-order valence-electron chi connectivity index (χ2n) is 5.53. The fourth-order valence-corrected chi connectivity index (χ4v) is 3.95. The van der Waals surface area contributed by atoms with Crippen LogP contribution in [0.3, 0.4) is 0 Å². The molecule has 0 amide bonds. The lowest BCUT2D eigenvalue weighted by atomic mass is 9.83. The van der Waals surface area contributed by atoms with Crippen LogP contribution in [0.1, 0.15) is 32.6 Å². The minimum Gasteiger partial charge on any atom is -0.382 e. The zero-order valence-electron chi connectivity index (χ0n) is 11.5. The molecular formula is C13H20ClN3O2S. The van der Waals surface area contributed by atoms with Crippen LogP contribution < -0.4 is 10.5 Å². The SMILES string of the molecule is CC1CCCC(CNS(=O)(=O)c2cnc(N)c(Cl)c2)C1. The van der Waals surface area contributed by atoms with Crippen molar-refractivity contribution in [3.8, 4) is 0 Å². The van der Waals surface area contributed by atoms with Crippen LogP contribution in [0.2, 0.25) is 5.02 Å². The summed E-state index contributed by atoms with van der Waals surface area (Å²) in [5, 5.41) is 0.152. The van der Waals surface area contributed by atoms with Crippen molar-refractivity contribution in [3.63, 3.8) is 0 Å². The Morgan fingerprint density at radius 2 is 2.25 bits per heavy atom. The number of nitrogens with one attached hydrogen (secondary N) is 1. The van der Waals surface area contributed by atoms with E-state index < -0.39 is 10.0 Å². The van der Waals surface area contributed by atoms with E-state index in [0.29, 0.717) is 18.4 Å². The predicted octanol–water partition coefficient (Wildman–Crippen LogP) is 2.42. The Morgan fingerprint density at radius 3 is 2.90 bits per heavy atom. The first-order valence-electron chi connectivity index (χ1n) is 6.79. The van der Waals surface area contributed by atoms with E-state index in [1.165, 1.54) is 25.1 Å². The maximum absolute atomic E-state index is 12.2. The molecular weight excluding hydrogens is 298 g/mol. The molecule has 2 unspecified atom stereocenters. The molecule has 1 aliphatic carbocycles. The van der Waals surface area contributed by atoms with Gasteiger partial charge in [-0.2, -0.15) is 0 Å². The summed E-state index contributed by atoms with van der Waals surface area (Å²) >= 11 is 5.81. The van der Waals surface area contributed by atoms with Gasteiger partial charge in [0, 0.05) is 12.7 Å². The van der Waals surface area contributed by atoms with Crippen molar-refractivity contribution in [2.45, 2.75) is 37.5 Å². The third-order valence-electron chi connectivity index (χ3n) is 3.76. The summed E-state index contributed by atoms with van der Waals surface area (Å²) < 4.78 is 27.0. The van der Waals surface area contributed by atoms with Crippen molar-refractivity contribution in [1.29, 1.82) is 0 Å². The number of pyridine rings is 1. The Labute approximate surface area is 125 Å². The molecule has 20 heavy (non-hydrogen) atoms. The van der Waals surface area contributed by atoms with Crippen LogP contribution in [0, 0.1) is 11.8 Å². The van der Waals surface area contributed by atoms with Gasteiger partial charge in [-0.05, 0) is 30.7 Å². The summed E-state index contributed by atoms with van der Waals surface area (Å²) in [7, 11) is -3.57. The van der Waals surface area contributed by atoms with E-state index >= 15 is 0 Å². The van der Waals surface area contributed by atoms with Gasteiger partial charge >= 0.3 is 0 Å². The standard InChI is InChI=1S/C13H20ClN3O2S/c1-9-3-2-4-10(5-9)7-17-20(18,19)11-6-12(14)13(15)16-8-11/h6,8-10,17H,2-5,7H2,1H3,(H2,15,16). The van der Waals surface area contributed by atoms with Crippen LogP contribution >= 0.6 is 11.6 Å². The topological polar surface area (TPSA) is 85.1 Å². The number of rotatable bonds is 4. The van der Waals surface area contributed by atoms with E-state index in [1.54, 1.807) is 0 Å². The van der Waals surface area contributed by atoms with Gasteiger partial charge in [-0.3, -0.25) is 0 Å². The lowest BCUT2D eigenvalue weighted by Gasteiger charge is -2.26. The first kappa shape index (κ1) is 15.5. The average molecular weight is 318 g/mol. The van der Waals surface area contributed by atoms with Gasteiger partial charge in [0.1, 0.15) is 10.7 Å². The number of nitrogens with two attached hydrogens (primary N) is 1. The van der Waals surface area contributed by atoms with Gasteiger partial charge < -0.3 is 5.73 Å². The highest BCUT2D eigenvalue weighted by molar-refractivity contribution is 7.89. The van der Waals surface area contributed by atoms with E-state index in [2.05, 4.69) is 16.6 Å². The third kappa shape index (κ3) is 3.84. The van der Waals surface area contributed by atoms with Crippen molar-refractivity contribution in [2.24, 2.45) is 11.8 Å². The molecule has 1 aromatic heterocycles. The summed E-state index contributed by atoms with van der Waals surface area (Å²) in [6.07, 6.45) is 5.79. The molecule has 1 saturated carbocycles. The monoisotopic (exact) mass is 317 g/mol. The molecule has 3 N–H and O–H groups in total. The minimum atomic E-state index is -3.57. The number of anilines is 1. The highest BCUT2D eigenvalue weighted by Crippen LogP contribution is 2.28. The smallest absolute Gasteiger partial charge is 0.242 e. The van der Waals surface area contributed by atoms with E-state index in [-0.39, 0.29) is 15.7 Å². The molecule has 0 bridgehead atoms. The lowest BCUT2D eigenvalue weighted by molar-refractivity contribution is 0.283. The normalized spacial score (nSPS) is 23.7. The number of nitrogen functional groups attached to an aromatic ring is 1. The van der Waals surface area contributed by atoms with Gasteiger partial charge in [0.2, 0.25) is 10.0 Å². The Bertz CT molecular complexity index is 577. The second kappa shape index (κ2) is 6.28. The summed E-state index contributed by atoms with van der Waals surface area (Å²) in [5.41, 5.74) is 5.48. The van der Waals surface area contributed by atoms with Crippen LogP contribution in [0.4, 0.5) is 5.82 Å². The Hall–Kier alpha value is -0.850. The molecule has 1 aliphatic rings. The maximum Gasteiger partial charge on any atom is 0.242 e. The van der Waals surface area contributed by atoms with Crippen LogP contribution in [-0.2, 0) is 10.0 Å². The highest BCUT2D eigenvalue weighted by Gasteiger charge is 2.22. The second-order valence-corrected chi connectivity index (χ2v) is 7.70. The summed E-state index contributed by atoms with van der Waals surface area (Å²) in [4.78, 5) is 3.83. The molecule has 0 spiro atoms. The van der Waals surface area contributed by atoms with Gasteiger partial charge in [-0.25, -0.2) is 18.1 Å². The number of halogens is 1. The molecule has 2 rings (SSSR count). The van der Waals surface area contributed by atoms with Gasteiger partial charge in [0.15, 0.2) is 0 Å². The molecule has 7 heteroatoms. The third-order valence-corrected chi connectivity index (χ3v) is 5.46. The van der Waals surface area contributed by atoms with Crippen LogP contribution in [0.15, 0.2) is 17.2 Å². The van der Waals surface area contributed by atoms with Crippen molar-refractivity contribution in [2.75, 3.05) is 12.3 Å². The first-order chi connectivity index (χ1) is 9.38. The van der Waals surface area contributed by atoms with Gasteiger partial charge in [-0.15, -0.1) is 0 Å². The summed E-state index contributed by atoms with van der Waals surface area (Å²) in [5.74, 6) is 1.21. The summed E-state index contributed by atoms with van der Waals surface area (Å²) in [6.45, 7) is 2.68. The molecule has 1 aromatic rings. The minimum absolute atomic E-state index is 0.0561. The van der Waals surface area contributed by atoms with Crippen LogP contribution in [-0.4, -0.2) is 19.9 Å². The van der Waals surface area contributed by atoms with Gasteiger partial charge in [0.05, 0.1) is 5.02 Å². The quantitative estimate of drug-likeness (QED) is 0.893. The Balaban J connectivity index is 2.01. The van der Waals surface area contributed by atoms with E-state index in [0.717, 1.165) is 12.8 Å². The Morgan fingerprint density at radius 1 is 1.50 bits per heavy atom. The van der Waals surface area contributed by atoms with Crippen LogP contribution in [0.5, 0.6) is 0 Å². The maximum atomic E-state index is 12.2. The van der Waals surface area contributed by atoms with Gasteiger partial charge in [0.25, 0.3) is 0 Å². The van der Waals surface area contributed by atoms with Crippen molar-refractivity contribution in [1.82, 2.24) is 9.71 Å². The molecule has 112 valence electrons. The predicted molar refractivity (Wildman–Crippen MR) is 80.0 cm³/mol. The van der Waals surface area contributed by atoms with Crippen LogP contribution in [0.25, 0.3) is 0 Å². The molecule has 1 fully saturated rings. The lowest BCUT2D eigenvalue weighted by Crippen LogP contribution is -2.31. The summed E-state index contributed by atoms with van der Waals surface area (Å²) in [6, 6.07) is 1.33. The fourth-order valence-electron chi connectivity index (χ4n) is 2.63. The first-order valence-corrected chi connectivity index (χ1v) is 8.65. The van der Waals surface area contributed by atoms with Gasteiger partial charge in [-0.1, -0.05) is 31.4 Å². The van der Waals surface area contributed by atoms with Crippen molar-refractivity contribution < 1.29 is 8.42 Å².